The Hall–Kier alpha value is -2.24. The summed E-state index contributed by atoms with van der Waals surface area (Å²) in [6.07, 6.45) is -0.519. The minimum Gasteiger partial charge on any atom is -0.392 e. The van der Waals surface area contributed by atoms with Crippen molar-refractivity contribution >= 4 is 21.9 Å². The maximum Gasteiger partial charge on any atom is 0.728 e. The van der Waals surface area contributed by atoms with Crippen molar-refractivity contribution in [3.05, 3.63) is 34.7 Å². The van der Waals surface area contributed by atoms with Crippen molar-refractivity contribution in [3.63, 3.8) is 0 Å². The topological polar surface area (TPSA) is 103 Å². The van der Waals surface area contributed by atoms with E-state index in [-0.39, 0.29) is 10.8 Å². The maximum absolute atomic E-state index is 12.7. The molecule has 0 fully saturated rings. The number of ether oxygens (including phenoxy) is 1. The van der Waals surface area contributed by atoms with Crippen LogP contribution >= 0.6 is 0 Å². The lowest BCUT2D eigenvalue weighted by Crippen LogP contribution is -2.22. The van der Waals surface area contributed by atoms with Crippen molar-refractivity contribution in [1.29, 1.82) is 0 Å². The number of hydrogen-bond acceptors (Lipinski definition) is 4. The molecular formula is C19H28N3O4S+. The van der Waals surface area contributed by atoms with Crippen LogP contribution in [0, 0.1) is 24.8 Å². The molecule has 1 aromatic carbocycles. The summed E-state index contributed by atoms with van der Waals surface area (Å²) < 4.78 is 21.4. The Morgan fingerprint density at radius 1 is 1.26 bits per heavy atom. The highest BCUT2D eigenvalue weighted by atomic mass is 32.2. The van der Waals surface area contributed by atoms with Crippen molar-refractivity contribution < 1.29 is 18.5 Å². The summed E-state index contributed by atoms with van der Waals surface area (Å²) in [5.74, 6) is -1.57. The van der Waals surface area contributed by atoms with Crippen molar-refractivity contribution in [3.8, 4) is 6.07 Å². The highest BCUT2D eigenvalue weighted by molar-refractivity contribution is 7.91. The van der Waals surface area contributed by atoms with E-state index in [1.54, 1.807) is 45.0 Å². The van der Waals surface area contributed by atoms with Gasteiger partial charge in [0.15, 0.2) is 5.92 Å². The molecule has 0 heterocycles. The Kier molecular flexibility index (Phi) is 7.69. The van der Waals surface area contributed by atoms with Gasteiger partial charge >= 0.3 is 12.2 Å². The Labute approximate surface area is 161 Å². The van der Waals surface area contributed by atoms with E-state index in [0.717, 1.165) is 5.56 Å². The van der Waals surface area contributed by atoms with E-state index in [2.05, 4.69) is 15.3 Å². The number of amides is 2. The average molecular weight is 395 g/mol. The van der Waals surface area contributed by atoms with Crippen molar-refractivity contribution in [1.82, 2.24) is 0 Å². The Balaban J connectivity index is 3.13. The second-order valence-electron chi connectivity index (χ2n) is 7.71. The molecule has 0 saturated carbocycles. The first-order chi connectivity index (χ1) is 12.3. The minimum atomic E-state index is -3.40. The second kappa shape index (κ2) is 9.11. The van der Waals surface area contributed by atoms with Crippen molar-refractivity contribution in [2.75, 3.05) is 0 Å². The summed E-state index contributed by atoms with van der Waals surface area (Å²) in [5, 5.41) is 5.79. The van der Waals surface area contributed by atoms with Crippen LogP contribution in [-0.4, -0.2) is 21.8 Å². The van der Waals surface area contributed by atoms with Crippen LogP contribution in [0.4, 0.5) is 4.79 Å². The molecule has 8 heteroatoms. The van der Waals surface area contributed by atoms with Gasteiger partial charge < -0.3 is 4.74 Å². The fourth-order valence-corrected chi connectivity index (χ4v) is 3.10. The molecular weight excluding hydrogens is 366 g/mol. The molecule has 0 spiro atoms. The molecule has 0 bridgehead atoms. The number of nitrogens with two attached hydrogens (primary N) is 1. The molecule has 2 N–H and O–H groups in total. The number of carbonyl (C=O) groups is 2. The van der Waals surface area contributed by atoms with Gasteiger partial charge in [-0.15, -0.1) is 4.36 Å². The van der Waals surface area contributed by atoms with E-state index >= 15 is 0 Å². The maximum atomic E-state index is 12.7. The lowest BCUT2D eigenvalue weighted by atomic mass is 9.98. The molecule has 27 heavy (non-hydrogen) atoms. The van der Waals surface area contributed by atoms with E-state index in [1.165, 1.54) is 0 Å². The minimum absolute atomic E-state index is 0.101. The third-order valence-electron chi connectivity index (χ3n) is 3.29. The number of aryl methyl sites for hydroxylation is 1. The number of benzene rings is 1. The van der Waals surface area contributed by atoms with Gasteiger partial charge in [-0.3, -0.25) is 4.79 Å². The van der Waals surface area contributed by atoms with E-state index in [4.69, 9.17) is 9.88 Å². The first kappa shape index (κ1) is 22.8. The van der Waals surface area contributed by atoms with Gasteiger partial charge in [-0.2, -0.15) is 4.79 Å². The van der Waals surface area contributed by atoms with Gasteiger partial charge in [0.05, 0.1) is 9.74 Å². The highest BCUT2D eigenvalue weighted by Crippen LogP contribution is 2.17. The van der Waals surface area contributed by atoms with Gasteiger partial charge in [-0.1, -0.05) is 31.5 Å². The molecule has 2 amide bonds. The van der Waals surface area contributed by atoms with Crippen LogP contribution in [0.15, 0.2) is 33.5 Å². The number of nitrogens with zero attached hydrogens (tertiary/aromatic N) is 2. The Morgan fingerprint density at radius 3 is 2.30 bits per heavy atom. The van der Waals surface area contributed by atoms with Crippen LogP contribution in [0.2, 0.25) is 0 Å². The largest absolute Gasteiger partial charge is 0.728 e. The standard InChI is InChI=1S/C19H27N3O4S/c1-13(2)11-15(12-21-18(24)26-19(4,5)6)17(23)22-27(20,25)16-9-7-14(3)8-10-16/h7-10,13,15H,11H2,1-6H3,(H-,20,22,23,25)/p+1. The molecule has 0 saturated heterocycles. The molecule has 1 rings (SSSR count). The summed E-state index contributed by atoms with van der Waals surface area (Å²) in [6.45, 7) is 10.8. The molecule has 0 aliphatic heterocycles. The number of rotatable bonds is 4. The first-order valence-corrected chi connectivity index (χ1v) is 10.2. The molecule has 0 aliphatic rings. The van der Waals surface area contributed by atoms with Crippen LogP contribution in [0.5, 0.6) is 0 Å². The summed E-state index contributed by atoms with van der Waals surface area (Å²) >= 11 is 0. The molecule has 2 unspecified atom stereocenters. The zero-order valence-corrected chi connectivity index (χ0v) is 17.5. The predicted octanol–water partition coefficient (Wildman–Crippen LogP) is 4.15. The van der Waals surface area contributed by atoms with Crippen LogP contribution in [0.25, 0.3) is 4.85 Å². The molecule has 0 radical (unpaired) electrons. The van der Waals surface area contributed by atoms with E-state index in [0.29, 0.717) is 6.42 Å². The van der Waals surface area contributed by atoms with Gasteiger partial charge in [0.25, 0.3) is 5.91 Å². The zero-order valence-electron chi connectivity index (χ0n) is 16.7. The monoisotopic (exact) mass is 394 g/mol. The van der Waals surface area contributed by atoms with E-state index < -0.39 is 33.4 Å². The summed E-state index contributed by atoms with van der Waals surface area (Å²) in [7, 11) is -3.40. The SMILES string of the molecule is Cc1ccc(S(N)(=O)=NC(=O)C(C#[N+]C(=O)OC(C)(C)C)CC(C)C)cc1. The van der Waals surface area contributed by atoms with E-state index in [1.807, 2.05) is 20.8 Å². The molecule has 0 aliphatic carbocycles. The third kappa shape index (κ3) is 8.33. The smallest absolute Gasteiger partial charge is 0.392 e. The van der Waals surface area contributed by atoms with Crippen LogP contribution < -0.4 is 5.14 Å². The van der Waals surface area contributed by atoms with Gasteiger partial charge in [0.1, 0.15) is 15.5 Å². The molecule has 0 aromatic heterocycles. The number of carbonyl (C=O) groups excluding carboxylic acids is 2. The van der Waals surface area contributed by atoms with Gasteiger partial charge in [0, 0.05) is 0 Å². The number of hydrogen-bond donors (Lipinski definition) is 1. The zero-order chi connectivity index (χ0) is 20.8. The highest BCUT2D eigenvalue weighted by Gasteiger charge is 2.28. The quantitative estimate of drug-likeness (QED) is 0.828. The van der Waals surface area contributed by atoms with Crippen LogP contribution in [0.1, 0.15) is 46.6 Å². The fourth-order valence-electron chi connectivity index (χ4n) is 2.08. The van der Waals surface area contributed by atoms with Gasteiger partial charge in [0.2, 0.25) is 0 Å². The van der Waals surface area contributed by atoms with Gasteiger partial charge in [-0.25, -0.2) is 9.35 Å². The molecule has 1 aromatic rings. The fraction of sp³-hybridized carbons (Fsp3) is 0.526. The lowest BCUT2D eigenvalue weighted by molar-refractivity contribution is -0.120. The van der Waals surface area contributed by atoms with Crippen LogP contribution in [0.3, 0.4) is 0 Å². The molecule has 7 nitrogen and oxygen atoms in total. The summed E-state index contributed by atoms with van der Waals surface area (Å²) in [6, 6.07) is 9.11. The Bertz CT molecular complexity index is 865. The first-order valence-electron chi connectivity index (χ1n) is 8.65. The Morgan fingerprint density at radius 2 is 1.81 bits per heavy atom. The van der Waals surface area contributed by atoms with Crippen molar-refractivity contribution in [2.24, 2.45) is 21.3 Å². The molecule has 148 valence electrons. The normalized spacial score (nSPS) is 14.5. The van der Waals surface area contributed by atoms with Crippen molar-refractivity contribution in [2.45, 2.75) is 58.5 Å². The van der Waals surface area contributed by atoms with Crippen LogP contribution in [-0.2, 0) is 19.4 Å². The lowest BCUT2D eigenvalue weighted by Gasteiger charge is -2.12. The average Bonchev–Trinajstić information content (AvgIpc) is 2.49. The molecule has 2 atom stereocenters. The second-order valence-corrected chi connectivity index (χ2v) is 9.51. The summed E-state index contributed by atoms with van der Waals surface area (Å²) in [5.41, 5.74) is 0.261. The van der Waals surface area contributed by atoms with Gasteiger partial charge in [-0.05, 0) is 52.2 Å². The van der Waals surface area contributed by atoms with E-state index in [9.17, 15) is 13.8 Å². The summed E-state index contributed by atoms with van der Waals surface area (Å²) in [4.78, 5) is 28.1. The third-order valence-corrected chi connectivity index (χ3v) is 4.69. The predicted molar refractivity (Wildman–Crippen MR) is 106 cm³/mol.